The van der Waals surface area contributed by atoms with Crippen LogP contribution in [0.3, 0.4) is 0 Å². The number of nitriles is 1. The summed E-state index contributed by atoms with van der Waals surface area (Å²) >= 11 is 1.14. The minimum Gasteiger partial charge on any atom is -0.495 e. The highest BCUT2D eigenvalue weighted by atomic mass is 32.1. The molecule has 0 saturated heterocycles. The molecule has 0 aliphatic carbocycles. The maximum absolute atomic E-state index is 9.16. The molecule has 6 nitrogen and oxygen atoms in total. The molecule has 0 amide bonds. The molecule has 0 radical (unpaired) electrons. The molecule has 0 bridgehead atoms. The lowest BCUT2D eigenvalue weighted by Gasteiger charge is -2.06. The van der Waals surface area contributed by atoms with E-state index in [0.29, 0.717) is 16.4 Å². The smallest absolute Gasteiger partial charge is 0.222 e. The number of ether oxygens (including phenoxy) is 1. The van der Waals surface area contributed by atoms with Crippen LogP contribution in [0.1, 0.15) is 5.01 Å². The van der Waals surface area contributed by atoms with Gasteiger partial charge in [-0.05, 0) is 12.1 Å². The predicted molar refractivity (Wildman–Crippen MR) is 72.5 cm³/mol. The topological polar surface area (TPSA) is 90.5 Å². The summed E-state index contributed by atoms with van der Waals surface area (Å²) in [5.41, 5.74) is 3.48. The summed E-state index contributed by atoms with van der Waals surface area (Å²) in [6.45, 7) is 0. The average Bonchev–Trinajstić information content (AvgIpc) is 2.86. The molecular formula is C12H10N4O2S. The Labute approximate surface area is 113 Å². The Kier molecular flexibility index (Phi) is 3.95. The van der Waals surface area contributed by atoms with Crippen molar-refractivity contribution in [3.8, 4) is 17.7 Å². The lowest BCUT2D eigenvalue weighted by molar-refractivity contribution is 0.416. The van der Waals surface area contributed by atoms with Crippen LogP contribution in [-0.2, 0) is 0 Å². The van der Waals surface area contributed by atoms with Crippen molar-refractivity contribution < 1.29 is 9.84 Å². The zero-order valence-electron chi connectivity index (χ0n) is 9.99. The van der Waals surface area contributed by atoms with Crippen LogP contribution in [0.2, 0.25) is 0 Å². The minimum atomic E-state index is -0.125. The monoisotopic (exact) mass is 274 g/mol. The average molecular weight is 274 g/mol. The number of nitrogens with one attached hydrogen (secondary N) is 1. The number of benzene rings is 1. The standard InChI is InChI=1S/C12H10N4O2S/c1-18-10-5-3-2-4-8(10)15-16-9(6-13)12-14-11(17)7-19-12/h2-5,7,15,17H,1H3/b16-9-. The van der Waals surface area contributed by atoms with Crippen molar-refractivity contribution in [2.45, 2.75) is 0 Å². The van der Waals surface area contributed by atoms with E-state index < -0.39 is 0 Å². The SMILES string of the molecule is COc1ccccc1N/N=C(/C#N)c1nc(O)cs1. The summed E-state index contributed by atoms with van der Waals surface area (Å²) in [6, 6.07) is 9.13. The fourth-order valence-corrected chi connectivity index (χ4v) is 1.97. The third kappa shape index (κ3) is 3.00. The van der Waals surface area contributed by atoms with Crippen LogP contribution < -0.4 is 10.2 Å². The van der Waals surface area contributed by atoms with Crippen molar-refractivity contribution in [3.05, 3.63) is 34.7 Å². The normalized spacial score (nSPS) is 10.8. The van der Waals surface area contributed by atoms with Crippen molar-refractivity contribution in [2.24, 2.45) is 5.10 Å². The fourth-order valence-electron chi connectivity index (χ4n) is 1.35. The number of hydrogen-bond acceptors (Lipinski definition) is 7. The Balaban J connectivity index is 2.23. The van der Waals surface area contributed by atoms with Gasteiger partial charge in [0, 0.05) is 0 Å². The van der Waals surface area contributed by atoms with Gasteiger partial charge in [-0.15, -0.1) is 11.3 Å². The lowest BCUT2D eigenvalue weighted by Crippen LogP contribution is -2.02. The molecular weight excluding hydrogens is 264 g/mol. The molecule has 2 aromatic rings. The first-order valence-corrected chi connectivity index (χ1v) is 6.14. The summed E-state index contributed by atoms with van der Waals surface area (Å²) in [7, 11) is 1.55. The van der Waals surface area contributed by atoms with E-state index in [4.69, 9.17) is 15.1 Å². The summed E-state index contributed by atoms with van der Waals surface area (Å²) in [5, 5.41) is 23.9. The van der Waals surface area contributed by atoms with Crippen molar-refractivity contribution >= 4 is 22.7 Å². The number of aromatic nitrogens is 1. The summed E-state index contributed by atoms with van der Waals surface area (Å²) in [6.07, 6.45) is 0. The molecule has 2 N–H and O–H groups in total. The molecule has 0 aliphatic rings. The van der Waals surface area contributed by atoms with Gasteiger partial charge in [0.15, 0.2) is 10.7 Å². The Morgan fingerprint density at radius 2 is 2.32 bits per heavy atom. The summed E-state index contributed by atoms with van der Waals surface area (Å²) in [5.74, 6) is 0.491. The number of para-hydroxylation sites is 2. The molecule has 19 heavy (non-hydrogen) atoms. The summed E-state index contributed by atoms with van der Waals surface area (Å²) in [4.78, 5) is 3.79. The van der Waals surface area contributed by atoms with Crippen LogP contribution in [0.4, 0.5) is 5.69 Å². The van der Waals surface area contributed by atoms with Gasteiger partial charge in [-0.2, -0.15) is 15.3 Å². The first kappa shape index (κ1) is 12.9. The van der Waals surface area contributed by atoms with Gasteiger partial charge in [-0.25, -0.2) is 0 Å². The van der Waals surface area contributed by atoms with Crippen molar-refractivity contribution in [2.75, 3.05) is 12.5 Å². The molecule has 96 valence electrons. The van der Waals surface area contributed by atoms with E-state index in [9.17, 15) is 0 Å². The minimum absolute atomic E-state index is 0.0937. The zero-order valence-corrected chi connectivity index (χ0v) is 10.8. The van der Waals surface area contributed by atoms with Gasteiger partial charge in [0.25, 0.3) is 0 Å². The van der Waals surface area contributed by atoms with Crippen molar-refractivity contribution in [1.29, 1.82) is 5.26 Å². The molecule has 2 rings (SSSR count). The zero-order chi connectivity index (χ0) is 13.7. The largest absolute Gasteiger partial charge is 0.495 e. The number of thiazole rings is 1. The Morgan fingerprint density at radius 1 is 1.53 bits per heavy atom. The van der Waals surface area contributed by atoms with Crippen LogP contribution in [0, 0.1) is 11.3 Å². The maximum Gasteiger partial charge on any atom is 0.222 e. The highest BCUT2D eigenvalue weighted by Crippen LogP contribution is 2.23. The molecule has 0 aliphatic heterocycles. The summed E-state index contributed by atoms with van der Waals surface area (Å²) < 4.78 is 5.15. The van der Waals surface area contributed by atoms with Gasteiger partial charge in [-0.3, -0.25) is 5.43 Å². The fraction of sp³-hybridized carbons (Fsp3) is 0.0833. The number of aromatic hydroxyl groups is 1. The van der Waals surface area contributed by atoms with Crippen LogP contribution in [0.5, 0.6) is 11.6 Å². The van der Waals surface area contributed by atoms with Gasteiger partial charge in [-0.1, -0.05) is 12.1 Å². The second-order valence-electron chi connectivity index (χ2n) is 3.40. The van der Waals surface area contributed by atoms with Gasteiger partial charge >= 0.3 is 0 Å². The number of nitrogens with zero attached hydrogens (tertiary/aromatic N) is 3. The van der Waals surface area contributed by atoms with E-state index >= 15 is 0 Å². The third-order valence-corrected chi connectivity index (χ3v) is 3.03. The van der Waals surface area contributed by atoms with E-state index in [0.717, 1.165) is 11.3 Å². The van der Waals surface area contributed by atoms with Gasteiger partial charge in [0.1, 0.15) is 11.8 Å². The lowest BCUT2D eigenvalue weighted by atomic mass is 10.3. The quantitative estimate of drug-likeness (QED) is 0.659. The highest BCUT2D eigenvalue weighted by Gasteiger charge is 2.09. The first-order valence-electron chi connectivity index (χ1n) is 5.26. The second kappa shape index (κ2) is 5.84. The van der Waals surface area contributed by atoms with E-state index in [-0.39, 0.29) is 11.6 Å². The number of hydrazone groups is 1. The molecule has 0 saturated carbocycles. The number of hydrogen-bond donors (Lipinski definition) is 2. The van der Waals surface area contributed by atoms with Crippen LogP contribution in [0.15, 0.2) is 34.7 Å². The maximum atomic E-state index is 9.16. The van der Waals surface area contributed by atoms with Crippen LogP contribution >= 0.6 is 11.3 Å². The second-order valence-corrected chi connectivity index (χ2v) is 4.25. The molecule has 7 heteroatoms. The Morgan fingerprint density at radius 3 is 2.95 bits per heavy atom. The van der Waals surface area contributed by atoms with Gasteiger partial charge in [0.2, 0.25) is 5.88 Å². The highest BCUT2D eigenvalue weighted by molar-refractivity contribution is 7.12. The predicted octanol–water partition coefficient (Wildman–Crippen LogP) is 2.20. The van der Waals surface area contributed by atoms with E-state index in [1.807, 2.05) is 18.2 Å². The molecule has 1 heterocycles. The van der Waals surface area contributed by atoms with Crippen molar-refractivity contribution in [1.82, 2.24) is 4.98 Å². The number of anilines is 1. The molecule has 0 unspecified atom stereocenters. The molecule has 1 aromatic carbocycles. The van der Waals surface area contributed by atoms with E-state index in [1.165, 1.54) is 5.38 Å². The van der Waals surface area contributed by atoms with Crippen molar-refractivity contribution in [3.63, 3.8) is 0 Å². The Hall–Kier alpha value is -2.59. The van der Waals surface area contributed by atoms with Gasteiger partial charge < -0.3 is 9.84 Å². The Bertz CT molecular complexity index is 645. The van der Waals surface area contributed by atoms with Gasteiger partial charge in [0.05, 0.1) is 18.2 Å². The molecule has 1 aromatic heterocycles. The molecule has 0 spiro atoms. The van der Waals surface area contributed by atoms with Crippen LogP contribution in [-0.4, -0.2) is 22.9 Å². The third-order valence-electron chi connectivity index (χ3n) is 2.20. The van der Waals surface area contributed by atoms with E-state index in [2.05, 4.69) is 15.5 Å². The first-order chi connectivity index (χ1) is 9.24. The number of methoxy groups -OCH3 is 1. The molecule has 0 fully saturated rings. The molecule has 0 atom stereocenters. The van der Waals surface area contributed by atoms with E-state index in [1.54, 1.807) is 19.2 Å². The van der Waals surface area contributed by atoms with Crippen LogP contribution in [0.25, 0.3) is 0 Å². The number of rotatable bonds is 4.